The van der Waals surface area contributed by atoms with E-state index in [0.717, 1.165) is 56.9 Å². The van der Waals surface area contributed by atoms with Crippen LogP contribution in [-0.2, 0) is 92.5 Å². The van der Waals surface area contributed by atoms with Crippen molar-refractivity contribution in [1.82, 2.24) is 31.9 Å². The molecule has 0 spiro atoms. The molecule has 6 N–H and O–H groups in total. The van der Waals surface area contributed by atoms with Gasteiger partial charge in [-0.2, -0.15) is 0 Å². The third-order valence-electron chi connectivity index (χ3n) is 12.6. The molecule has 0 aliphatic rings. The van der Waals surface area contributed by atoms with Crippen molar-refractivity contribution < 1.29 is 90.7 Å². The van der Waals surface area contributed by atoms with Gasteiger partial charge in [0, 0.05) is 38.6 Å². The number of unbranched alkanes of at least 4 members (excludes halogenated alkanes) is 8. The number of benzene rings is 1. The highest BCUT2D eigenvalue weighted by molar-refractivity contribution is 5.94. The number of carbonyl (C=O) groups excluding carboxylic acids is 12. The Morgan fingerprint density at radius 3 is 1.06 bits per heavy atom. The monoisotopic (exact) mass is 1320 g/mol. The molecular formula is C68H112N6O19. The molecule has 25 heteroatoms. The van der Waals surface area contributed by atoms with Crippen molar-refractivity contribution in [3.63, 3.8) is 0 Å². The number of carbonyl (C=O) groups is 12. The van der Waals surface area contributed by atoms with Gasteiger partial charge in [0.25, 0.3) is 0 Å². The maximum absolute atomic E-state index is 14.1. The van der Waals surface area contributed by atoms with E-state index in [1.54, 1.807) is 125 Å². The van der Waals surface area contributed by atoms with Gasteiger partial charge < -0.3 is 65.1 Å². The standard InChI is InChI=1S/C68H112N6O19/c1-63(2,3)88-56(80)41-37-48(60(84)91-66(10,11)12)72-52(76)39-35-46(58(82)89-64(4,5)6)70-51(75)38-34-47(59(83)90-65(7,8)9)71-53(77)40-36-49(61(85)92-67(13,14)15)73-57(81)50(74-62(86)93-68(16,17)18)43-54(78)69-42-30-25-23-21-19-20-22-24-29-33-55(79)87-44-45-31-27-26-28-32-45/h26-28,31-32,46-50H,19-25,29-30,33-44H2,1-18H3,(H,69,78)(H,70,75)(H,71,77)(H,72,76)(H,73,81)(H,74,86)/t46-,47-,48-,49-,50-/m0/s1. The van der Waals surface area contributed by atoms with Gasteiger partial charge in [0.05, 0.1) is 6.42 Å². The van der Waals surface area contributed by atoms with Gasteiger partial charge in [-0.1, -0.05) is 75.3 Å². The first kappa shape index (κ1) is 83.7. The lowest BCUT2D eigenvalue weighted by Crippen LogP contribution is -2.54. The Morgan fingerprint density at radius 2 is 0.688 bits per heavy atom. The van der Waals surface area contributed by atoms with Crippen LogP contribution in [0.2, 0.25) is 0 Å². The molecule has 1 aromatic carbocycles. The molecule has 0 aliphatic carbocycles. The highest BCUT2D eigenvalue weighted by atomic mass is 16.6. The lowest BCUT2D eigenvalue weighted by molar-refractivity contribution is -0.161. The normalized spacial score (nSPS) is 13.6. The molecule has 0 aromatic heterocycles. The molecule has 0 saturated carbocycles. The Morgan fingerprint density at radius 1 is 0.344 bits per heavy atom. The molecule has 0 bridgehead atoms. The van der Waals surface area contributed by atoms with E-state index in [1.807, 2.05) is 30.3 Å². The molecule has 0 aliphatic heterocycles. The highest BCUT2D eigenvalue weighted by Gasteiger charge is 2.36. The van der Waals surface area contributed by atoms with Crippen LogP contribution in [0.1, 0.15) is 252 Å². The molecule has 0 fully saturated rings. The van der Waals surface area contributed by atoms with Crippen molar-refractivity contribution in [3.05, 3.63) is 35.9 Å². The van der Waals surface area contributed by atoms with E-state index in [1.165, 1.54) is 0 Å². The minimum Gasteiger partial charge on any atom is -0.461 e. The first-order chi connectivity index (χ1) is 42.8. The van der Waals surface area contributed by atoms with E-state index < -0.39 is 161 Å². The predicted octanol–water partition coefficient (Wildman–Crippen LogP) is 8.80. The number of hydrogen-bond donors (Lipinski definition) is 6. The fourth-order valence-corrected chi connectivity index (χ4v) is 8.63. The van der Waals surface area contributed by atoms with Crippen molar-refractivity contribution in [2.24, 2.45) is 0 Å². The zero-order valence-corrected chi connectivity index (χ0v) is 58.9. The lowest BCUT2D eigenvalue weighted by atomic mass is 10.1. The van der Waals surface area contributed by atoms with Crippen LogP contribution in [0.3, 0.4) is 0 Å². The Kier molecular flexibility index (Phi) is 36.0. The SMILES string of the molecule is CC(C)(C)OC(=O)CC[C@H](NC(=O)CC[C@H](NC(=O)CC[C@H](NC(=O)CC[C@H](NC(=O)[C@H](CC(=O)NCCCCCCCCCCCC(=O)OCc1ccccc1)NC(=O)OC(C)(C)C)C(=O)OC(C)(C)C)C(=O)OC(C)(C)C)C(=O)OC(C)(C)C)C(=O)OC(C)(C)C. The van der Waals surface area contributed by atoms with Crippen LogP contribution < -0.4 is 31.9 Å². The van der Waals surface area contributed by atoms with Gasteiger partial charge in [0.1, 0.15) is 70.4 Å². The molecule has 0 radical (unpaired) electrons. The van der Waals surface area contributed by atoms with Gasteiger partial charge in [-0.3, -0.25) is 33.6 Å². The van der Waals surface area contributed by atoms with E-state index in [2.05, 4.69) is 31.9 Å². The Balaban J connectivity index is 3.15. The van der Waals surface area contributed by atoms with Crippen LogP contribution in [0, 0.1) is 0 Å². The maximum atomic E-state index is 14.1. The summed E-state index contributed by atoms with van der Waals surface area (Å²) in [6, 6.07) is 2.25. The fraction of sp³-hybridized carbons (Fsp3) is 0.735. The summed E-state index contributed by atoms with van der Waals surface area (Å²) in [4.78, 5) is 160. The molecule has 25 nitrogen and oxygen atoms in total. The summed E-state index contributed by atoms with van der Waals surface area (Å²) in [5.41, 5.74) is -4.97. The molecule has 0 unspecified atom stereocenters. The van der Waals surface area contributed by atoms with E-state index in [0.29, 0.717) is 19.4 Å². The smallest absolute Gasteiger partial charge is 0.408 e. The molecule has 93 heavy (non-hydrogen) atoms. The van der Waals surface area contributed by atoms with Crippen LogP contribution in [0.4, 0.5) is 4.79 Å². The van der Waals surface area contributed by atoms with Gasteiger partial charge in [-0.25, -0.2) is 24.0 Å². The van der Waals surface area contributed by atoms with Gasteiger partial charge in [0.2, 0.25) is 29.5 Å². The second kappa shape index (κ2) is 40.0. The third kappa shape index (κ3) is 44.0. The van der Waals surface area contributed by atoms with Crippen LogP contribution in [0.25, 0.3) is 0 Å². The predicted molar refractivity (Wildman–Crippen MR) is 347 cm³/mol. The Hall–Kier alpha value is -7.34. The number of esters is 6. The number of amides is 6. The first-order valence-electron chi connectivity index (χ1n) is 32.6. The van der Waals surface area contributed by atoms with E-state index >= 15 is 0 Å². The van der Waals surface area contributed by atoms with Crippen molar-refractivity contribution in [3.8, 4) is 0 Å². The highest BCUT2D eigenvalue weighted by Crippen LogP contribution is 2.19. The third-order valence-corrected chi connectivity index (χ3v) is 12.6. The van der Waals surface area contributed by atoms with Crippen LogP contribution in [0.15, 0.2) is 30.3 Å². The lowest BCUT2D eigenvalue weighted by Gasteiger charge is -2.27. The molecule has 1 aromatic rings. The quantitative estimate of drug-likeness (QED) is 0.0204. The van der Waals surface area contributed by atoms with E-state index in [9.17, 15) is 57.5 Å². The van der Waals surface area contributed by atoms with Gasteiger partial charge in [0.15, 0.2) is 0 Å². The minimum absolute atomic E-state index is 0.166. The first-order valence-corrected chi connectivity index (χ1v) is 32.6. The van der Waals surface area contributed by atoms with E-state index in [4.69, 9.17) is 33.2 Å². The second-order valence-corrected chi connectivity index (χ2v) is 29.1. The minimum atomic E-state index is -1.56. The average molecular weight is 1320 g/mol. The summed E-state index contributed by atoms with van der Waals surface area (Å²) in [7, 11) is 0. The van der Waals surface area contributed by atoms with Gasteiger partial charge in [-0.15, -0.1) is 0 Å². The molecule has 6 amide bonds. The van der Waals surface area contributed by atoms with Gasteiger partial charge >= 0.3 is 41.9 Å². The van der Waals surface area contributed by atoms with Crippen LogP contribution >= 0.6 is 0 Å². The zero-order chi connectivity index (χ0) is 71.0. The number of nitrogens with one attached hydrogen (secondary N) is 6. The summed E-state index contributed by atoms with van der Waals surface area (Å²) in [5.74, 6) is -8.30. The number of rotatable bonds is 38. The molecule has 0 saturated heterocycles. The second-order valence-electron chi connectivity index (χ2n) is 29.1. The molecule has 1 rings (SSSR count). The van der Waals surface area contributed by atoms with E-state index in [-0.39, 0.29) is 38.3 Å². The van der Waals surface area contributed by atoms with Gasteiger partial charge in [-0.05, 0) is 169 Å². The fourth-order valence-electron chi connectivity index (χ4n) is 8.63. The van der Waals surface area contributed by atoms with Crippen molar-refractivity contribution >= 4 is 71.4 Å². The largest absolute Gasteiger partial charge is 0.461 e. The molecule has 0 heterocycles. The van der Waals surface area contributed by atoms with Crippen LogP contribution in [0.5, 0.6) is 0 Å². The Bertz CT molecular complexity index is 2590. The number of ether oxygens (including phenoxy) is 7. The molecule has 5 atom stereocenters. The Labute approximate surface area is 551 Å². The van der Waals surface area contributed by atoms with Crippen LogP contribution in [-0.4, -0.2) is 142 Å². The topological polar surface area (TPSA) is 342 Å². The number of alkyl carbamates (subject to hydrolysis) is 1. The summed E-state index contributed by atoms with van der Waals surface area (Å²) < 4.78 is 38.4. The molecular weight excluding hydrogens is 1200 g/mol. The summed E-state index contributed by atoms with van der Waals surface area (Å²) in [6.07, 6.45) is 4.05. The summed E-state index contributed by atoms with van der Waals surface area (Å²) >= 11 is 0. The van der Waals surface area contributed by atoms with Crippen molar-refractivity contribution in [2.45, 2.75) is 317 Å². The average Bonchev–Trinajstić information content (AvgIpc) is 0.934. The van der Waals surface area contributed by atoms with Crippen molar-refractivity contribution in [1.29, 1.82) is 0 Å². The maximum Gasteiger partial charge on any atom is 0.408 e. The van der Waals surface area contributed by atoms with Crippen molar-refractivity contribution in [2.75, 3.05) is 6.54 Å². The zero-order valence-electron chi connectivity index (χ0n) is 58.9. The number of hydrogen-bond acceptors (Lipinski definition) is 19. The summed E-state index contributed by atoms with van der Waals surface area (Å²) in [6.45, 7) is 29.7. The molecule has 528 valence electrons. The summed E-state index contributed by atoms with van der Waals surface area (Å²) in [5, 5.41) is 15.4.